The SMILES string of the molecule is CC(C)CNCc1ccc(OCCCCCO)c(Br)c1. The van der Waals surface area contributed by atoms with Gasteiger partial charge in [-0.15, -0.1) is 0 Å². The molecule has 3 nitrogen and oxygen atoms in total. The monoisotopic (exact) mass is 343 g/mol. The lowest BCUT2D eigenvalue weighted by atomic mass is 10.2. The summed E-state index contributed by atoms with van der Waals surface area (Å²) < 4.78 is 6.74. The second-order valence-corrected chi connectivity index (χ2v) is 6.28. The van der Waals surface area contributed by atoms with Crippen molar-refractivity contribution in [2.24, 2.45) is 5.92 Å². The van der Waals surface area contributed by atoms with Crippen molar-refractivity contribution in [1.29, 1.82) is 0 Å². The highest BCUT2D eigenvalue weighted by molar-refractivity contribution is 9.10. The molecule has 0 saturated carbocycles. The van der Waals surface area contributed by atoms with Crippen LogP contribution in [0.15, 0.2) is 22.7 Å². The summed E-state index contributed by atoms with van der Waals surface area (Å²) in [6.07, 6.45) is 2.83. The fourth-order valence-electron chi connectivity index (χ4n) is 1.85. The third kappa shape index (κ3) is 7.27. The molecule has 0 aliphatic heterocycles. The molecule has 0 heterocycles. The zero-order valence-electron chi connectivity index (χ0n) is 12.5. The summed E-state index contributed by atoms with van der Waals surface area (Å²) in [5, 5.41) is 12.1. The second-order valence-electron chi connectivity index (χ2n) is 5.42. The van der Waals surface area contributed by atoms with Crippen LogP contribution in [-0.2, 0) is 6.54 Å². The largest absolute Gasteiger partial charge is 0.492 e. The first kappa shape index (κ1) is 17.5. The van der Waals surface area contributed by atoms with Crippen molar-refractivity contribution in [3.63, 3.8) is 0 Å². The molecule has 0 saturated heterocycles. The highest BCUT2D eigenvalue weighted by Crippen LogP contribution is 2.26. The van der Waals surface area contributed by atoms with Crippen molar-refractivity contribution in [3.8, 4) is 5.75 Å². The van der Waals surface area contributed by atoms with E-state index >= 15 is 0 Å². The van der Waals surface area contributed by atoms with Crippen molar-refractivity contribution in [2.75, 3.05) is 19.8 Å². The first-order valence-electron chi connectivity index (χ1n) is 7.36. The Kier molecular flexibility index (Phi) is 8.90. The average molecular weight is 344 g/mol. The Balaban J connectivity index is 2.35. The summed E-state index contributed by atoms with van der Waals surface area (Å²) in [6.45, 7) is 7.28. The molecule has 114 valence electrons. The van der Waals surface area contributed by atoms with Crippen LogP contribution >= 0.6 is 15.9 Å². The van der Waals surface area contributed by atoms with E-state index in [9.17, 15) is 0 Å². The highest BCUT2D eigenvalue weighted by Gasteiger charge is 2.03. The van der Waals surface area contributed by atoms with Crippen molar-refractivity contribution < 1.29 is 9.84 Å². The standard InChI is InChI=1S/C16H26BrNO2/c1-13(2)11-18-12-14-6-7-16(15(17)10-14)20-9-5-3-4-8-19/h6-7,10,13,18-19H,3-5,8-9,11-12H2,1-2H3. The second kappa shape index (κ2) is 10.2. The Labute approximate surface area is 130 Å². The summed E-state index contributed by atoms with van der Waals surface area (Å²) >= 11 is 3.56. The summed E-state index contributed by atoms with van der Waals surface area (Å²) in [5.41, 5.74) is 1.25. The number of ether oxygens (including phenoxy) is 1. The van der Waals surface area contributed by atoms with Crippen LogP contribution in [0.5, 0.6) is 5.75 Å². The Hall–Kier alpha value is -0.580. The van der Waals surface area contributed by atoms with E-state index < -0.39 is 0 Å². The number of halogens is 1. The number of aliphatic hydroxyl groups excluding tert-OH is 1. The predicted molar refractivity (Wildman–Crippen MR) is 87.1 cm³/mol. The average Bonchev–Trinajstić information content (AvgIpc) is 2.40. The van der Waals surface area contributed by atoms with Gasteiger partial charge in [0.05, 0.1) is 11.1 Å². The van der Waals surface area contributed by atoms with Crippen LogP contribution in [0.25, 0.3) is 0 Å². The molecule has 20 heavy (non-hydrogen) atoms. The van der Waals surface area contributed by atoms with Crippen LogP contribution in [-0.4, -0.2) is 24.9 Å². The lowest BCUT2D eigenvalue weighted by Crippen LogP contribution is -2.18. The Morgan fingerprint density at radius 2 is 2.05 bits per heavy atom. The van der Waals surface area contributed by atoms with Crippen LogP contribution in [0, 0.1) is 5.92 Å². The molecule has 0 unspecified atom stereocenters. The van der Waals surface area contributed by atoms with Gasteiger partial charge in [-0.2, -0.15) is 0 Å². The minimum Gasteiger partial charge on any atom is -0.492 e. The molecule has 0 aliphatic rings. The fourth-order valence-corrected chi connectivity index (χ4v) is 2.39. The minimum atomic E-state index is 0.266. The van der Waals surface area contributed by atoms with E-state index in [0.717, 1.165) is 42.6 Å². The number of hydrogen-bond acceptors (Lipinski definition) is 3. The maximum atomic E-state index is 8.71. The van der Waals surface area contributed by atoms with Gasteiger partial charge in [0, 0.05) is 13.2 Å². The molecule has 2 N–H and O–H groups in total. The number of rotatable bonds is 10. The van der Waals surface area contributed by atoms with Crippen molar-refractivity contribution >= 4 is 15.9 Å². The van der Waals surface area contributed by atoms with Crippen molar-refractivity contribution in [3.05, 3.63) is 28.2 Å². The summed E-state index contributed by atoms with van der Waals surface area (Å²) in [4.78, 5) is 0. The van der Waals surface area contributed by atoms with Gasteiger partial charge in [0.2, 0.25) is 0 Å². The van der Waals surface area contributed by atoms with Crippen LogP contribution in [0.1, 0.15) is 38.7 Å². The molecule has 0 atom stereocenters. The zero-order chi connectivity index (χ0) is 14.8. The quantitative estimate of drug-likeness (QED) is 0.636. The highest BCUT2D eigenvalue weighted by atomic mass is 79.9. The van der Waals surface area contributed by atoms with Gasteiger partial charge in [-0.05, 0) is 65.4 Å². The zero-order valence-corrected chi connectivity index (χ0v) is 14.1. The summed E-state index contributed by atoms with van der Waals surface area (Å²) in [5.74, 6) is 1.56. The molecule has 1 rings (SSSR count). The van der Waals surface area contributed by atoms with Crippen LogP contribution < -0.4 is 10.1 Å². The first-order valence-corrected chi connectivity index (χ1v) is 8.15. The van der Waals surface area contributed by atoms with Gasteiger partial charge < -0.3 is 15.2 Å². The molecule has 0 fully saturated rings. The van der Waals surface area contributed by atoms with Crippen molar-refractivity contribution in [1.82, 2.24) is 5.32 Å². The lowest BCUT2D eigenvalue weighted by Gasteiger charge is -2.11. The van der Waals surface area contributed by atoms with Crippen molar-refractivity contribution in [2.45, 2.75) is 39.7 Å². The maximum absolute atomic E-state index is 8.71. The van der Waals surface area contributed by atoms with Gasteiger partial charge in [-0.25, -0.2) is 0 Å². The number of unbranched alkanes of at least 4 members (excludes halogenated alkanes) is 2. The predicted octanol–water partition coefficient (Wildman–Crippen LogP) is 3.74. The third-order valence-electron chi connectivity index (χ3n) is 2.94. The minimum absolute atomic E-state index is 0.266. The van der Waals surface area contributed by atoms with Crippen LogP contribution in [0.2, 0.25) is 0 Å². The molecular weight excluding hydrogens is 318 g/mol. The van der Waals surface area contributed by atoms with Crippen LogP contribution in [0.4, 0.5) is 0 Å². The third-order valence-corrected chi connectivity index (χ3v) is 3.56. The lowest BCUT2D eigenvalue weighted by molar-refractivity contribution is 0.265. The van der Waals surface area contributed by atoms with E-state index in [1.54, 1.807) is 0 Å². The number of aliphatic hydroxyl groups is 1. The number of nitrogens with one attached hydrogen (secondary N) is 1. The topological polar surface area (TPSA) is 41.5 Å². The Bertz CT molecular complexity index is 383. The van der Waals surface area contributed by atoms with Gasteiger partial charge in [0.15, 0.2) is 0 Å². The molecule has 0 radical (unpaired) electrons. The Morgan fingerprint density at radius 1 is 1.25 bits per heavy atom. The van der Waals surface area contributed by atoms with Gasteiger partial charge in [-0.3, -0.25) is 0 Å². The van der Waals surface area contributed by atoms with Crippen LogP contribution in [0.3, 0.4) is 0 Å². The Morgan fingerprint density at radius 3 is 2.70 bits per heavy atom. The smallest absolute Gasteiger partial charge is 0.133 e. The summed E-state index contributed by atoms with van der Waals surface area (Å²) in [6, 6.07) is 6.22. The van der Waals surface area contributed by atoms with Gasteiger partial charge in [-0.1, -0.05) is 19.9 Å². The van der Waals surface area contributed by atoms with E-state index in [-0.39, 0.29) is 6.61 Å². The molecule has 0 spiro atoms. The molecule has 0 aromatic heterocycles. The van der Waals surface area contributed by atoms with E-state index in [4.69, 9.17) is 9.84 Å². The molecule has 1 aromatic carbocycles. The molecule has 1 aromatic rings. The molecule has 0 aliphatic carbocycles. The maximum Gasteiger partial charge on any atom is 0.133 e. The summed E-state index contributed by atoms with van der Waals surface area (Å²) in [7, 11) is 0. The fraction of sp³-hybridized carbons (Fsp3) is 0.625. The van der Waals surface area contributed by atoms with E-state index in [1.807, 2.05) is 6.07 Å². The van der Waals surface area contributed by atoms with E-state index in [0.29, 0.717) is 12.5 Å². The molecule has 4 heteroatoms. The molecule has 0 amide bonds. The van der Waals surface area contributed by atoms with Gasteiger partial charge in [0.25, 0.3) is 0 Å². The normalized spacial score (nSPS) is 11.1. The number of hydrogen-bond donors (Lipinski definition) is 2. The number of benzene rings is 1. The molecule has 0 bridgehead atoms. The van der Waals surface area contributed by atoms with E-state index in [2.05, 4.69) is 47.2 Å². The first-order chi connectivity index (χ1) is 9.63. The van der Waals surface area contributed by atoms with E-state index in [1.165, 1.54) is 5.56 Å². The van der Waals surface area contributed by atoms with Gasteiger partial charge >= 0.3 is 0 Å². The molecular formula is C16H26BrNO2. The van der Waals surface area contributed by atoms with Gasteiger partial charge in [0.1, 0.15) is 5.75 Å².